The zero-order valence-electron chi connectivity index (χ0n) is 9.82. The molecule has 0 fully saturated rings. The van der Waals surface area contributed by atoms with Crippen LogP contribution in [0.5, 0.6) is 11.5 Å². The molecule has 0 radical (unpaired) electrons. The van der Waals surface area contributed by atoms with Gasteiger partial charge in [0.2, 0.25) is 0 Å². The summed E-state index contributed by atoms with van der Waals surface area (Å²) in [6.45, 7) is 0.519. The van der Waals surface area contributed by atoms with Crippen LogP contribution in [0, 0.1) is 0 Å². The minimum absolute atomic E-state index is 0.519. The molecule has 18 heavy (non-hydrogen) atoms. The van der Waals surface area contributed by atoms with E-state index in [1.54, 1.807) is 7.11 Å². The fourth-order valence-electron chi connectivity index (χ4n) is 1.50. The van der Waals surface area contributed by atoms with Gasteiger partial charge in [0.1, 0.15) is 18.1 Å². The average molecular weight is 372 g/mol. The fraction of sp³-hybridized carbons (Fsp3) is 0.143. The van der Waals surface area contributed by atoms with E-state index in [0.717, 1.165) is 26.0 Å². The lowest BCUT2D eigenvalue weighted by Crippen LogP contribution is -1.96. The number of halogens is 2. The van der Waals surface area contributed by atoms with Gasteiger partial charge in [0.15, 0.2) is 0 Å². The summed E-state index contributed by atoms with van der Waals surface area (Å²) in [5, 5.41) is 0. The van der Waals surface area contributed by atoms with Gasteiger partial charge in [-0.05, 0) is 61.7 Å². The Kier molecular flexibility index (Phi) is 4.66. The first kappa shape index (κ1) is 13.4. The zero-order valence-corrected chi connectivity index (χ0v) is 13.0. The predicted molar refractivity (Wildman–Crippen MR) is 79.2 cm³/mol. The number of para-hydroxylation sites is 1. The SMILES string of the molecule is COc1ccc(COc2c(Br)cccc2Br)cc1. The number of methoxy groups -OCH3 is 1. The molecule has 0 aliphatic rings. The van der Waals surface area contributed by atoms with E-state index < -0.39 is 0 Å². The highest BCUT2D eigenvalue weighted by atomic mass is 79.9. The maximum Gasteiger partial charge on any atom is 0.148 e. The van der Waals surface area contributed by atoms with Gasteiger partial charge in [0, 0.05) is 0 Å². The van der Waals surface area contributed by atoms with Crippen LogP contribution in [0.1, 0.15) is 5.56 Å². The highest BCUT2D eigenvalue weighted by Gasteiger charge is 2.05. The number of hydrogen-bond acceptors (Lipinski definition) is 2. The van der Waals surface area contributed by atoms with Crippen molar-refractivity contribution in [1.29, 1.82) is 0 Å². The van der Waals surface area contributed by atoms with E-state index in [0.29, 0.717) is 6.61 Å². The van der Waals surface area contributed by atoms with E-state index >= 15 is 0 Å². The van der Waals surface area contributed by atoms with Crippen molar-refractivity contribution in [3.63, 3.8) is 0 Å². The van der Waals surface area contributed by atoms with Crippen molar-refractivity contribution in [2.24, 2.45) is 0 Å². The molecule has 2 nitrogen and oxygen atoms in total. The molecule has 0 unspecified atom stereocenters. The molecule has 0 atom stereocenters. The maximum absolute atomic E-state index is 5.79. The molecular formula is C14H12Br2O2. The topological polar surface area (TPSA) is 18.5 Å². The second-order valence-electron chi connectivity index (χ2n) is 3.69. The molecule has 0 spiro atoms. The van der Waals surface area contributed by atoms with Crippen molar-refractivity contribution in [2.45, 2.75) is 6.61 Å². The number of benzene rings is 2. The average Bonchev–Trinajstić information content (AvgIpc) is 2.39. The zero-order chi connectivity index (χ0) is 13.0. The van der Waals surface area contributed by atoms with Crippen molar-refractivity contribution in [3.05, 3.63) is 57.0 Å². The lowest BCUT2D eigenvalue weighted by atomic mass is 10.2. The molecule has 2 aromatic rings. The van der Waals surface area contributed by atoms with Crippen LogP contribution >= 0.6 is 31.9 Å². The third-order valence-electron chi connectivity index (χ3n) is 2.46. The van der Waals surface area contributed by atoms with Crippen LogP contribution in [0.2, 0.25) is 0 Å². The fourth-order valence-corrected chi connectivity index (χ4v) is 2.73. The van der Waals surface area contributed by atoms with E-state index in [1.807, 2.05) is 42.5 Å². The van der Waals surface area contributed by atoms with Crippen LogP contribution in [0.3, 0.4) is 0 Å². The lowest BCUT2D eigenvalue weighted by Gasteiger charge is -2.10. The first-order valence-corrected chi connectivity index (χ1v) is 6.99. The molecule has 0 heterocycles. The molecule has 0 bridgehead atoms. The molecule has 0 aliphatic carbocycles. The number of rotatable bonds is 4. The summed E-state index contributed by atoms with van der Waals surface area (Å²) in [4.78, 5) is 0. The highest BCUT2D eigenvalue weighted by Crippen LogP contribution is 2.33. The van der Waals surface area contributed by atoms with E-state index in [9.17, 15) is 0 Å². The number of hydrogen-bond donors (Lipinski definition) is 0. The molecule has 0 amide bonds. The van der Waals surface area contributed by atoms with E-state index in [-0.39, 0.29) is 0 Å². The van der Waals surface area contributed by atoms with E-state index in [2.05, 4.69) is 31.9 Å². The predicted octanol–water partition coefficient (Wildman–Crippen LogP) is 4.80. The smallest absolute Gasteiger partial charge is 0.148 e. The summed E-state index contributed by atoms with van der Waals surface area (Å²) >= 11 is 6.94. The molecule has 2 rings (SSSR count). The van der Waals surface area contributed by atoms with Gasteiger partial charge in [-0.15, -0.1) is 0 Å². The van der Waals surface area contributed by atoms with Crippen molar-refractivity contribution >= 4 is 31.9 Å². The van der Waals surface area contributed by atoms with Gasteiger partial charge in [-0.3, -0.25) is 0 Å². The van der Waals surface area contributed by atoms with Crippen LogP contribution in [-0.4, -0.2) is 7.11 Å². The summed E-state index contributed by atoms with van der Waals surface area (Å²) in [6.07, 6.45) is 0. The van der Waals surface area contributed by atoms with E-state index in [1.165, 1.54) is 0 Å². The quantitative estimate of drug-likeness (QED) is 0.768. The van der Waals surface area contributed by atoms with Crippen LogP contribution in [0.4, 0.5) is 0 Å². The summed E-state index contributed by atoms with van der Waals surface area (Å²) in [5.74, 6) is 1.66. The van der Waals surface area contributed by atoms with Crippen LogP contribution in [0.25, 0.3) is 0 Å². The number of ether oxygens (including phenoxy) is 2. The maximum atomic E-state index is 5.79. The monoisotopic (exact) mass is 370 g/mol. The van der Waals surface area contributed by atoms with Gasteiger partial charge < -0.3 is 9.47 Å². The molecule has 4 heteroatoms. The Hall–Kier alpha value is -1.00. The van der Waals surface area contributed by atoms with Crippen LogP contribution < -0.4 is 9.47 Å². The third-order valence-corrected chi connectivity index (χ3v) is 3.71. The molecule has 0 saturated carbocycles. The summed E-state index contributed by atoms with van der Waals surface area (Å²) in [5.41, 5.74) is 1.10. The van der Waals surface area contributed by atoms with Gasteiger partial charge >= 0.3 is 0 Å². The molecule has 0 aliphatic heterocycles. The highest BCUT2D eigenvalue weighted by molar-refractivity contribution is 9.11. The Morgan fingerprint density at radius 1 is 0.944 bits per heavy atom. The molecular weight excluding hydrogens is 360 g/mol. The van der Waals surface area contributed by atoms with Crippen molar-refractivity contribution in [2.75, 3.05) is 7.11 Å². The second-order valence-corrected chi connectivity index (χ2v) is 5.40. The lowest BCUT2D eigenvalue weighted by molar-refractivity contribution is 0.302. The Morgan fingerprint density at radius 2 is 1.56 bits per heavy atom. The third kappa shape index (κ3) is 3.27. The summed E-state index contributed by atoms with van der Waals surface area (Å²) in [6, 6.07) is 13.7. The van der Waals surface area contributed by atoms with Crippen molar-refractivity contribution < 1.29 is 9.47 Å². The molecule has 0 N–H and O–H groups in total. The molecule has 94 valence electrons. The van der Waals surface area contributed by atoms with Gasteiger partial charge in [-0.25, -0.2) is 0 Å². The van der Waals surface area contributed by atoms with Crippen LogP contribution in [-0.2, 0) is 6.61 Å². The van der Waals surface area contributed by atoms with Gasteiger partial charge in [-0.1, -0.05) is 18.2 Å². The van der Waals surface area contributed by atoms with Gasteiger partial charge in [-0.2, -0.15) is 0 Å². The van der Waals surface area contributed by atoms with Crippen molar-refractivity contribution in [1.82, 2.24) is 0 Å². The minimum Gasteiger partial charge on any atom is -0.497 e. The van der Waals surface area contributed by atoms with Crippen LogP contribution in [0.15, 0.2) is 51.4 Å². The minimum atomic E-state index is 0.519. The first-order chi connectivity index (χ1) is 8.70. The van der Waals surface area contributed by atoms with Crippen molar-refractivity contribution in [3.8, 4) is 11.5 Å². The summed E-state index contributed by atoms with van der Waals surface area (Å²) < 4.78 is 12.8. The summed E-state index contributed by atoms with van der Waals surface area (Å²) in [7, 11) is 1.66. The standard InChI is InChI=1S/C14H12Br2O2/c1-17-11-7-5-10(6-8-11)9-18-14-12(15)3-2-4-13(14)16/h2-8H,9H2,1H3. The van der Waals surface area contributed by atoms with Gasteiger partial charge in [0.25, 0.3) is 0 Å². The largest absolute Gasteiger partial charge is 0.497 e. The van der Waals surface area contributed by atoms with Gasteiger partial charge in [0.05, 0.1) is 16.1 Å². The second kappa shape index (κ2) is 6.25. The molecule has 2 aromatic carbocycles. The van der Waals surface area contributed by atoms with E-state index in [4.69, 9.17) is 9.47 Å². The molecule has 0 aromatic heterocycles. The Morgan fingerprint density at radius 3 is 2.11 bits per heavy atom. The Labute approximate surface area is 123 Å². The Balaban J connectivity index is 2.06. The Bertz CT molecular complexity index is 504. The normalized spacial score (nSPS) is 10.2. The molecule has 0 saturated heterocycles. The first-order valence-electron chi connectivity index (χ1n) is 5.40.